The number of hydrazone groups is 1. The second-order valence-corrected chi connectivity index (χ2v) is 5.18. The topological polar surface area (TPSA) is 106 Å². The molecule has 0 aliphatic heterocycles. The zero-order valence-electron chi connectivity index (χ0n) is 14.1. The molecular formula is C18H16N4O4. The molecule has 26 heavy (non-hydrogen) atoms. The molecule has 0 aliphatic rings. The number of ether oxygens (including phenoxy) is 2. The molecule has 0 saturated carbocycles. The van der Waals surface area contributed by atoms with Gasteiger partial charge < -0.3 is 14.6 Å². The Hall–Kier alpha value is -3.68. The molecule has 3 aromatic rings. The zero-order valence-corrected chi connectivity index (χ0v) is 14.1. The Balaban J connectivity index is 1.94. The summed E-state index contributed by atoms with van der Waals surface area (Å²) in [4.78, 5) is 20.0. The number of methoxy groups -OCH3 is 2. The minimum absolute atomic E-state index is 0.0371. The summed E-state index contributed by atoms with van der Waals surface area (Å²) in [6, 6.07) is 10.7. The SMILES string of the molecule is COc1ccc(C=NNc2ncnc3ccccc23)c(C(=O)O)c1OC. The standard InChI is InChI=1S/C18H16N4O4/c1-25-14-8-7-11(15(18(23)24)16(14)26-2)9-21-22-17-12-5-3-4-6-13(12)19-10-20-17/h3-10H,1-2H3,(H,23,24)(H,19,20,22). The zero-order chi connectivity index (χ0) is 18.5. The summed E-state index contributed by atoms with van der Waals surface area (Å²) in [5, 5.41) is 14.4. The van der Waals surface area contributed by atoms with Gasteiger partial charge in [0.15, 0.2) is 17.3 Å². The largest absolute Gasteiger partial charge is 0.493 e. The van der Waals surface area contributed by atoms with Crippen LogP contribution in [-0.4, -0.2) is 41.5 Å². The third kappa shape index (κ3) is 3.25. The quantitative estimate of drug-likeness (QED) is 0.519. The van der Waals surface area contributed by atoms with Gasteiger partial charge in [-0.25, -0.2) is 14.8 Å². The Morgan fingerprint density at radius 2 is 1.96 bits per heavy atom. The van der Waals surface area contributed by atoms with Gasteiger partial charge in [0.2, 0.25) is 0 Å². The van der Waals surface area contributed by atoms with E-state index >= 15 is 0 Å². The molecule has 0 spiro atoms. The first-order chi connectivity index (χ1) is 12.7. The molecule has 0 atom stereocenters. The van der Waals surface area contributed by atoms with Gasteiger partial charge in [0.05, 0.1) is 26.0 Å². The lowest BCUT2D eigenvalue weighted by molar-refractivity contribution is 0.0692. The molecule has 0 aliphatic carbocycles. The number of aromatic nitrogens is 2. The van der Waals surface area contributed by atoms with Crippen LogP contribution in [0.15, 0.2) is 47.8 Å². The van der Waals surface area contributed by atoms with Gasteiger partial charge in [0, 0.05) is 10.9 Å². The Morgan fingerprint density at radius 1 is 1.15 bits per heavy atom. The van der Waals surface area contributed by atoms with Crippen LogP contribution in [0.5, 0.6) is 11.5 Å². The maximum atomic E-state index is 11.6. The van der Waals surface area contributed by atoms with E-state index in [9.17, 15) is 9.90 Å². The number of nitrogens with one attached hydrogen (secondary N) is 1. The average molecular weight is 352 g/mol. The van der Waals surface area contributed by atoms with E-state index in [1.54, 1.807) is 12.1 Å². The number of benzene rings is 2. The lowest BCUT2D eigenvalue weighted by Gasteiger charge is -2.12. The van der Waals surface area contributed by atoms with E-state index in [4.69, 9.17) is 9.47 Å². The van der Waals surface area contributed by atoms with Crippen molar-refractivity contribution in [2.75, 3.05) is 19.6 Å². The maximum Gasteiger partial charge on any atom is 0.340 e. The smallest absolute Gasteiger partial charge is 0.340 e. The van der Waals surface area contributed by atoms with Crippen molar-refractivity contribution in [3.8, 4) is 11.5 Å². The van der Waals surface area contributed by atoms with E-state index in [2.05, 4.69) is 20.5 Å². The molecule has 0 bridgehead atoms. The summed E-state index contributed by atoms with van der Waals surface area (Å²) < 4.78 is 10.3. The van der Waals surface area contributed by atoms with Crippen molar-refractivity contribution in [3.63, 3.8) is 0 Å². The summed E-state index contributed by atoms with van der Waals surface area (Å²) in [6.07, 6.45) is 2.82. The fourth-order valence-corrected chi connectivity index (χ4v) is 2.53. The van der Waals surface area contributed by atoms with Crippen LogP contribution >= 0.6 is 0 Å². The molecule has 0 saturated heterocycles. The van der Waals surface area contributed by atoms with Crippen molar-refractivity contribution in [3.05, 3.63) is 53.9 Å². The van der Waals surface area contributed by atoms with Crippen LogP contribution in [0.25, 0.3) is 10.9 Å². The van der Waals surface area contributed by atoms with Crippen LogP contribution in [0.2, 0.25) is 0 Å². The van der Waals surface area contributed by atoms with Crippen molar-refractivity contribution in [1.82, 2.24) is 9.97 Å². The number of hydrogen-bond donors (Lipinski definition) is 2. The number of hydrogen-bond acceptors (Lipinski definition) is 7. The van der Waals surface area contributed by atoms with Crippen molar-refractivity contribution in [1.29, 1.82) is 0 Å². The molecule has 2 N–H and O–H groups in total. The van der Waals surface area contributed by atoms with Crippen LogP contribution in [-0.2, 0) is 0 Å². The van der Waals surface area contributed by atoms with Gasteiger partial charge in [-0.2, -0.15) is 5.10 Å². The lowest BCUT2D eigenvalue weighted by Crippen LogP contribution is -2.07. The number of rotatable bonds is 6. The van der Waals surface area contributed by atoms with E-state index in [1.807, 2.05) is 24.3 Å². The fraction of sp³-hybridized carbons (Fsp3) is 0.111. The molecule has 0 fully saturated rings. The monoisotopic (exact) mass is 352 g/mol. The average Bonchev–Trinajstić information content (AvgIpc) is 2.67. The summed E-state index contributed by atoms with van der Waals surface area (Å²) in [7, 11) is 2.83. The molecule has 3 rings (SSSR count). The highest BCUT2D eigenvalue weighted by Gasteiger charge is 2.20. The number of aromatic carboxylic acids is 1. The minimum atomic E-state index is -1.14. The molecule has 0 unspecified atom stereocenters. The van der Waals surface area contributed by atoms with Gasteiger partial charge in [-0.3, -0.25) is 5.43 Å². The normalized spacial score (nSPS) is 10.8. The highest BCUT2D eigenvalue weighted by Crippen LogP contribution is 2.33. The highest BCUT2D eigenvalue weighted by atomic mass is 16.5. The summed E-state index contributed by atoms with van der Waals surface area (Å²) in [6.45, 7) is 0. The molecular weight excluding hydrogens is 336 g/mol. The summed E-state index contributed by atoms with van der Waals surface area (Å²) in [5.41, 5.74) is 3.92. The van der Waals surface area contributed by atoms with Crippen molar-refractivity contribution < 1.29 is 19.4 Å². The molecule has 8 nitrogen and oxygen atoms in total. The van der Waals surface area contributed by atoms with E-state index < -0.39 is 5.97 Å². The first kappa shape index (κ1) is 17.2. The molecule has 0 amide bonds. The number of anilines is 1. The predicted octanol–water partition coefficient (Wildman–Crippen LogP) is 2.79. The van der Waals surface area contributed by atoms with Gasteiger partial charge in [-0.05, 0) is 24.3 Å². The van der Waals surface area contributed by atoms with Crippen LogP contribution < -0.4 is 14.9 Å². The van der Waals surface area contributed by atoms with Crippen LogP contribution in [0, 0.1) is 0 Å². The lowest BCUT2D eigenvalue weighted by atomic mass is 10.1. The maximum absolute atomic E-state index is 11.6. The predicted molar refractivity (Wildman–Crippen MR) is 97.3 cm³/mol. The van der Waals surface area contributed by atoms with Gasteiger partial charge in [0.25, 0.3) is 0 Å². The molecule has 132 valence electrons. The van der Waals surface area contributed by atoms with Crippen LogP contribution in [0.1, 0.15) is 15.9 Å². The molecule has 1 heterocycles. The van der Waals surface area contributed by atoms with Crippen molar-refractivity contribution in [2.24, 2.45) is 5.10 Å². The van der Waals surface area contributed by atoms with E-state index in [-0.39, 0.29) is 11.3 Å². The molecule has 1 aromatic heterocycles. The van der Waals surface area contributed by atoms with Crippen LogP contribution in [0.4, 0.5) is 5.82 Å². The summed E-state index contributed by atoms with van der Waals surface area (Å²) >= 11 is 0. The second kappa shape index (κ2) is 7.47. The van der Waals surface area contributed by atoms with Crippen molar-refractivity contribution in [2.45, 2.75) is 0 Å². The number of carbonyl (C=O) groups is 1. The third-order valence-electron chi connectivity index (χ3n) is 3.71. The van der Waals surface area contributed by atoms with E-state index in [0.29, 0.717) is 17.1 Å². The first-order valence-corrected chi connectivity index (χ1v) is 7.62. The number of para-hydroxylation sites is 1. The number of carboxylic acids is 1. The third-order valence-corrected chi connectivity index (χ3v) is 3.71. The van der Waals surface area contributed by atoms with Gasteiger partial charge in [0.1, 0.15) is 11.9 Å². The second-order valence-electron chi connectivity index (χ2n) is 5.18. The van der Waals surface area contributed by atoms with Gasteiger partial charge >= 0.3 is 5.97 Å². The number of fused-ring (bicyclic) bond motifs is 1. The van der Waals surface area contributed by atoms with Crippen LogP contribution in [0.3, 0.4) is 0 Å². The Bertz CT molecular complexity index is 983. The Kier molecular flexibility index (Phi) is 4.93. The van der Waals surface area contributed by atoms with E-state index in [0.717, 1.165) is 10.9 Å². The van der Waals surface area contributed by atoms with Crippen molar-refractivity contribution >= 4 is 28.9 Å². The Labute approximate surface area is 149 Å². The Morgan fingerprint density at radius 3 is 2.69 bits per heavy atom. The number of carboxylic acid groups (broad SMARTS) is 1. The fourth-order valence-electron chi connectivity index (χ4n) is 2.53. The minimum Gasteiger partial charge on any atom is -0.493 e. The highest BCUT2D eigenvalue weighted by molar-refractivity contribution is 6.02. The molecule has 8 heteroatoms. The van der Waals surface area contributed by atoms with Gasteiger partial charge in [-0.15, -0.1) is 0 Å². The molecule has 0 radical (unpaired) electrons. The van der Waals surface area contributed by atoms with Gasteiger partial charge in [-0.1, -0.05) is 12.1 Å². The van der Waals surface area contributed by atoms with E-state index in [1.165, 1.54) is 26.8 Å². The number of nitrogens with zero attached hydrogens (tertiary/aromatic N) is 3. The molecule has 2 aromatic carbocycles. The summed E-state index contributed by atoms with van der Waals surface area (Å²) in [5.74, 6) is -0.160. The first-order valence-electron chi connectivity index (χ1n) is 7.62.